The van der Waals surface area contributed by atoms with Crippen molar-refractivity contribution < 1.29 is 17.9 Å². The van der Waals surface area contributed by atoms with Crippen LogP contribution in [0.25, 0.3) is 0 Å². The van der Waals surface area contributed by atoms with Gasteiger partial charge in [0.15, 0.2) is 0 Å². The van der Waals surface area contributed by atoms with E-state index in [9.17, 15) is 13.2 Å². The van der Waals surface area contributed by atoms with Gasteiger partial charge in [0.25, 0.3) is 0 Å². The zero-order valence-electron chi connectivity index (χ0n) is 11.9. The van der Waals surface area contributed by atoms with E-state index in [2.05, 4.69) is 0 Å². The van der Waals surface area contributed by atoms with E-state index >= 15 is 0 Å². The molecule has 1 heterocycles. The zero-order chi connectivity index (χ0) is 15.8. The van der Waals surface area contributed by atoms with Crippen LogP contribution in [0.5, 0.6) is 0 Å². The Morgan fingerprint density at radius 1 is 1.29 bits per heavy atom. The number of anilines is 1. The number of benzene rings is 1. The van der Waals surface area contributed by atoms with Crippen molar-refractivity contribution in [2.75, 3.05) is 18.0 Å². The van der Waals surface area contributed by atoms with Crippen molar-refractivity contribution in [3.8, 4) is 0 Å². The first-order valence-corrected chi connectivity index (χ1v) is 6.64. The molecule has 0 spiro atoms. The summed E-state index contributed by atoms with van der Waals surface area (Å²) in [5.74, 6) is -0.586. The van der Waals surface area contributed by atoms with Crippen molar-refractivity contribution in [3.63, 3.8) is 0 Å². The van der Waals surface area contributed by atoms with Gasteiger partial charge in [-0.3, -0.25) is 5.41 Å². The van der Waals surface area contributed by atoms with Crippen LogP contribution in [0.1, 0.15) is 25.0 Å². The Kier molecular flexibility index (Phi) is 4.13. The molecular weight excluding hydrogens is 283 g/mol. The topological polar surface area (TPSA) is 62.3 Å². The van der Waals surface area contributed by atoms with Crippen molar-refractivity contribution >= 4 is 11.5 Å². The normalized spacial score (nSPS) is 23.2. The Morgan fingerprint density at radius 3 is 2.33 bits per heavy atom. The SMILES string of the molecule is C[C@@H]1CN(c2ccc(C(=N)N)c(C(F)(F)F)c2)C[C@H](C)O1. The maximum absolute atomic E-state index is 13.1. The van der Waals surface area contributed by atoms with E-state index in [4.69, 9.17) is 15.9 Å². The summed E-state index contributed by atoms with van der Waals surface area (Å²) < 4.78 is 44.9. The summed E-state index contributed by atoms with van der Waals surface area (Å²) in [4.78, 5) is 1.86. The quantitative estimate of drug-likeness (QED) is 0.652. The van der Waals surface area contributed by atoms with Crippen LogP contribution in [-0.2, 0) is 10.9 Å². The second-order valence-electron chi connectivity index (χ2n) is 5.30. The summed E-state index contributed by atoms with van der Waals surface area (Å²) in [5.41, 5.74) is 4.53. The highest BCUT2D eigenvalue weighted by atomic mass is 19.4. The summed E-state index contributed by atoms with van der Waals surface area (Å²) in [6, 6.07) is 3.88. The van der Waals surface area contributed by atoms with Gasteiger partial charge >= 0.3 is 6.18 Å². The van der Waals surface area contributed by atoms with Crippen LogP contribution in [0.2, 0.25) is 0 Å². The molecule has 3 N–H and O–H groups in total. The minimum atomic E-state index is -4.54. The Balaban J connectivity index is 2.40. The van der Waals surface area contributed by atoms with Crippen LogP contribution in [0.15, 0.2) is 18.2 Å². The molecular formula is C14H18F3N3O. The number of hydrogen-bond donors (Lipinski definition) is 2. The molecule has 116 valence electrons. The van der Waals surface area contributed by atoms with Crippen LogP contribution < -0.4 is 10.6 Å². The predicted molar refractivity (Wildman–Crippen MR) is 74.7 cm³/mol. The molecule has 0 unspecified atom stereocenters. The maximum Gasteiger partial charge on any atom is 0.417 e. The largest absolute Gasteiger partial charge is 0.417 e. The minimum Gasteiger partial charge on any atom is -0.384 e. The Labute approximate surface area is 121 Å². The molecule has 0 radical (unpaired) electrons. The molecule has 0 bridgehead atoms. The maximum atomic E-state index is 13.1. The minimum absolute atomic E-state index is 0.0458. The Morgan fingerprint density at radius 2 is 1.86 bits per heavy atom. The lowest BCUT2D eigenvalue weighted by atomic mass is 10.0. The molecule has 0 amide bonds. The van der Waals surface area contributed by atoms with Gasteiger partial charge < -0.3 is 15.4 Å². The first kappa shape index (κ1) is 15.6. The van der Waals surface area contributed by atoms with E-state index in [1.54, 1.807) is 6.07 Å². The van der Waals surface area contributed by atoms with E-state index in [0.717, 1.165) is 6.07 Å². The van der Waals surface area contributed by atoms with E-state index in [1.165, 1.54) is 6.07 Å². The lowest BCUT2D eigenvalue weighted by Crippen LogP contribution is -2.45. The summed E-state index contributed by atoms with van der Waals surface area (Å²) in [7, 11) is 0. The van der Waals surface area contributed by atoms with Crippen molar-refractivity contribution in [1.82, 2.24) is 0 Å². The molecule has 1 aromatic carbocycles. The second-order valence-corrected chi connectivity index (χ2v) is 5.30. The van der Waals surface area contributed by atoms with Crippen LogP contribution in [0, 0.1) is 5.41 Å². The van der Waals surface area contributed by atoms with Crippen molar-refractivity contribution in [2.45, 2.75) is 32.2 Å². The fourth-order valence-electron chi connectivity index (χ4n) is 2.59. The van der Waals surface area contributed by atoms with E-state index in [-0.39, 0.29) is 17.8 Å². The van der Waals surface area contributed by atoms with Crippen molar-refractivity contribution in [3.05, 3.63) is 29.3 Å². The standard InChI is InChI=1S/C14H18F3N3O/c1-8-6-20(7-9(2)21-8)10-3-4-11(13(18)19)12(5-10)14(15,16)17/h3-5,8-9H,6-7H2,1-2H3,(H3,18,19)/t8-,9+. The number of alkyl halides is 3. The summed E-state index contributed by atoms with van der Waals surface area (Å²) in [5, 5.41) is 7.28. The molecule has 1 aliphatic heterocycles. The highest BCUT2D eigenvalue weighted by Gasteiger charge is 2.35. The van der Waals surface area contributed by atoms with Gasteiger partial charge in [0.05, 0.1) is 17.8 Å². The number of hydrogen-bond acceptors (Lipinski definition) is 3. The third kappa shape index (κ3) is 3.47. The van der Waals surface area contributed by atoms with Crippen molar-refractivity contribution in [1.29, 1.82) is 5.41 Å². The van der Waals surface area contributed by atoms with Crippen LogP contribution in [0.3, 0.4) is 0 Å². The summed E-state index contributed by atoms with van der Waals surface area (Å²) in [6.45, 7) is 4.83. The third-order valence-electron chi connectivity index (χ3n) is 3.38. The molecule has 21 heavy (non-hydrogen) atoms. The molecule has 1 saturated heterocycles. The smallest absolute Gasteiger partial charge is 0.384 e. The van der Waals surface area contributed by atoms with Gasteiger partial charge in [0.2, 0.25) is 0 Å². The van der Waals surface area contributed by atoms with Crippen LogP contribution in [0.4, 0.5) is 18.9 Å². The van der Waals surface area contributed by atoms with Gasteiger partial charge in [-0.25, -0.2) is 0 Å². The molecule has 1 fully saturated rings. The number of nitrogen functional groups attached to an aromatic ring is 1. The van der Waals surface area contributed by atoms with Gasteiger partial charge in [-0.15, -0.1) is 0 Å². The summed E-state index contributed by atoms with van der Waals surface area (Å²) >= 11 is 0. The molecule has 1 aromatic rings. The molecule has 2 atom stereocenters. The first-order chi connectivity index (χ1) is 9.68. The average Bonchev–Trinajstić information content (AvgIpc) is 2.35. The van der Waals surface area contributed by atoms with Gasteiger partial charge in [0, 0.05) is 24.3 Å². The predicted octanol–water partition coefficient (Wildman–Crippen LogP) is 2.60. The fourth-order valence-corrected chi connectivity index (χ4v) is 2.59. The number of morpholine rings is 1. The van der Waals surface area contributed by atoms with Gasteiger partial charge in [-0.05, 0) is 32.0 Å². The number of halogens is 3. The number of rotatable bonds is 2. The van der Waals surface area contributed by atoms with Crippen LogP contribution in [-0.4, -0.2) is 31.1 Å². The van der Waals surface area contributed by atoms with E-state index in [1.807, 2.05) is 18.7 Å². The molecule has 4 nitrogen and oxygen atoms in total. The highest BCUT2D eigenvalue weighted by Crippen LogP contribution is 2.35. The van der Waals surface area contributed by atoms with Crippen LogP contribution >= 0.6 is 0 Å². The molecule has 0 aromatic heterocycles. The number of nitrogens with one attached hydrogen (secondary N) is 1. The number of amidine groups is 1. The Hall–Kier alpha value is -1.76. The second kappa shape index (κ2) is 5.55. The van der Waals surface area contributed by atoms with E-state index < -0.39 is 17.6 Å². The summed E-state index contributed by atoms with van der Waals surface area (Å²) in [6.07, 6.45) is -4.63. The van der Waals surface area contributed by atoms with Gasteiger partial charge in [0.1, 0.15) is 5.84 Å². The fraction of sp³-hybridized carbons (Fsp3) is 0.500. The number of nitrogens with two attached hydrogens (primary N) is 1. The Bertz CT molecular complexity index is 535. The van der Waals surface area contributed by atoms with Gasteiger partial charge in [-0.1, -0.05) is 0 Å². The molecule has 0 aliphatic carbocycles. The van der Waals surface area contributed by atoms with Gasteiger partial charge in [-0.2, -0.15) is 13.2 Å². The molecule has 7 heteroatoms. The molecule has 1 aliphatic rings. The third-order valence-corrected chi connectivity index (χ3v) is 3.38. The first-order valence-electron chi connectivity index (χ1n) is 6.64. The lowest BCUT2D eigenvalue weighted by Gasteiger charge is -2.37. The van der Waals surface area contributed by atoms with Crippen molar-refractivity contribution in [2.24, 2.45) is 5.73 Å². The molecule has 0 saturated carbocycles. The average molecular weight is 301 g/mol. The highest BCUT2D eigenvalue weighted by molar-refractivity contribution is 5.97. The number of nitrogens with zero attached hydrogens (tertiary/aromatic N) is 1. The molecule has 2 rings (SSSR count). The zero-order valence-corrected chi connectivity index (χ0v) is 11.9. The number of ether oxygens (including phenoxy) is 1. The van der Waals surface area contributed by atoms with E-state index in [0.29, 0.717) is 18.8 Å². The lowest BCUT2D eigenvalue weighted by molar-refractivity contribution is -0.137. The monoisotopic (exact) mass is 301 g/mol.